The van der Waals surface area contributed by atoms with Crippen LogP contribution in [0.2, 0.25) is 0 Å². The summed E-state index contributed by atoms with van der Waals surface area (Å²) in [5.41, 5.74) is 1.17. The van der Waals surface area contributed by atoms with E-state index in [1.54, 1.807) is 11.8 Å². The topological polar surface area (TPSA) is 52.1 Å². The summed E-state index contributed by atoms with van der Waals surface area (Å²) in [5.74, 6) is 1.25. The van der Waals surface area contributed by atoms with Crippen molar-refractivity contribution in [1.82, 2.24) is 9.97 Å². The molecule has 0 radical (unpaired) electrons. The maximum absolute atomic E-state index is 11.9. The van der Waals surface area contributed by atoms with E-state index in [1.807, 2.05) is 40.0 Å². The molecule has 0 aliphatic rings. The van der Waals surface area contributed by atoms with Gasteiger partial charge in [-0.2, -0.15) is 11.8 Å². The highest BCUT2D eigenvalue weighted by Crippen LogP contribution is 2.22. The highest BCUT2D eigenvalue weighted by molar-refractivity contribution is 7.98. The number of thioether (sulfide) groups is 1. The highest BCUT2D eigenvalue weighted by atomic mass is 32.2. The van der Waals surface area contributed by atoms with Gasteiger partial charge in [-0.05, 0) is 40.0 Å². The number of hydrogen-bond acceptors (Lipinski definition) is 5. The van der Waals surface area contributed by atoms with E-state index in [-0.39, 0.29) is 12.6 Å². The molecule has 1 aromatic rings. The number of esters is 1. The lowest BCUT2D eigenvalue weighted by Gasteiger charge is -2.21. The fourth-order valence-corrected chi connectivity index (χ4v) is 2.46. The second-order valence-corrected chi connectivity index (χ2v) is 5.81. The van der Waals surface area contributed by atoms with Crippen LogP contribution in [0.5, 0.6) is 0 Å². The van der Waals surface area contributed by atoms with Crippen LogP contribution in [0, 0.1) is 19.3 Å². The maximum Gasteiger partial charge on any atom is 0.312 e. The lowest BCUT2D eigenvalue weighted by Crippen LogP contribution is -2.29. The van der Waals surface area contributed by atoms with E-state index in [0.29, 0.717) is 5.82 Å². The number of carbonyl (C=O) groups is 1. The molecule has 0 saturated carbocycles. The molecule has 5 heteroatoms. The predicted molar refractivity (Wildman–Crippen MR) is 73.5 cm³/mol. The zero-order valence-corrected chi connectivity index (χ0v) is 12.4. The molecule has 1 heterocycles. The van der Waals surface area contributed by atoms with Gasteiger partial charge in [-0.15, -0.1) is 0 Å². The fraction of sp³-hybridized carbons (Fsp3) is 0.615. The van der Waals surface area contributed by atoms with E-state index in [9.17, 15) is 4.79 Å². The third-order valence-electron chi connectivity index (χ3n) is 2.43. The van der Waals surface area contributed by atoms with E-state index < -0.39 is 5.41 Å². The number of aromatic nitrogens is 2. The van der Waals surface area contributed by atoms with Gasteiger partial charge in [0.15, 0.2) is 0 Å². The summed E-state index contributed by atoms with van der Waals surface area (Å²) in [6.07, 6.45) is 1.98. The Morgan fingerprint density at radius 1 is 1.39 bits per heavy atom. The molecule has 0 aliphatic heterocycles. The number of hydrogen-bond donors (Lipinski definition) is 0. The van der Waals surface area contributed by atoms with Crippen LogP contribution in [-0.4, -0.2) is 27.9 Å². The van der Waals surface area contributed by atoms with Crippen LogP contribution >= 0.6 is 11.8 Å². The Balaban J connectivity index is 2.62. The number of carbonyl (C=O) groups excluding carboxylic acids is 1. The van der Waals surface area contributed by atoms with Gasteiger partial charge in [-0.3, -0.25) is 4.79 Å². The van der Waals surface area contributed by atoms with Gasteiger partial charge in [0, 0.05) is 11.4 Å². The molecule has 18 heavy (non-hydrogen) atoms. The van der Waals surface area contributed by atoms with E-state index in [1.165, 1.54) is 0 Å². The molecule has 100 valence electrons. The van der Waals surface area contributed by atoms with Crippen molar-refractivity contribution in [1.29, 1.82) is 0 Å². The normalized spacial score (nSPS) is 11.4. The van der Waals surface area contributed by atoms with Gasteiger partial charge < -0.3 is 4.74 Å². The molecule has 1 aromatic heterocycles. The largest absolute Gasteiger partial charge is 0.459 e. The van der Waals surface area contributed by atoms with Crippen LogP contribution in [0.15, 0.2) is 6.07 Å². The van der Waals surface area contributed by atoms with Crippen molar-refractivity contribution in [3.05, 3.63) is 23.3 Å². The van der Waals surface area contributed by atoms with Crippen molar-refractivity contribution >= 4 is 17.7 Å². The zero-order valence-electron chi connectivity index (χ0n) is 11.6. The molecule has 4 nitrogen and oxygen atoms in total. The zero-order chi connectivity index (χ0) is 13.8. The Morgan fingerprint density at radius 2 is 2.06 bits per heavy atom. The van der Waals surface area contributed by atoms with Gasteiger partial charge in [0.2, 0.25) is 0 Å². The third-order valence-corrected chi connectivity index (χ3v) is 3.44. The van der Waals surface area contributed by atoms with Crippen molar-refractivity contribution in [2.75, 3.05) is 12.0 Å². The molecular formula is C13H20N2O2S. The first-order chi connectivity index (χ1) is 8.35. The van der Waals surface area contributed by atoms with Crippen LogP contribution in [0.1, 0.15) is 31.1 Å². The van der Waals surface area contributed by atoms with E-state index in [0.717, 1.165) is 17.1 Å². The quantitative estimate of drug-likeness (QED) is 0.768. The van der Waals surface area contributed by atoms with Crippen LogP contribution in [-0.2, 0) is 16.1 Å². The Bertz CT molecular complexity index is 413. The van der Waals surface area contributed by atoms with Crippen LogP contribution in [0.4, 0.5) is 0 Å². The summed E-state index contributed by atoms with van der Waals surface area (Å²) in [4.78, 5) is 20.3. The van der Waals surface area contributed by atoms with Crippen molar-refractivity contribution in [2.24, 2.45) is 5.41 Å². The fourth-order valence-electron chi connectivity index (χ4n) is 1.62. The first-order valence-corrected chi connectivity index (χ1v) is 7.22. The molecule has 1 rings (SSSR count). The van der Waals surface area contributed by atoms with Crippen molar-refractivity contribution in [2.45, 2.75) is 34.3 Å². The van der Waals surface area contributed by atoms with Gasteiger partial charge in [0.1, 0.15) is 12.4 Å². The number of ether oxygens (including phenoxy) is 1. The number of nitrogens with zero attached hydrogens (tertiary/aromatic N) is 2. The summed E-state index contributed by atoms with van der Waals surface area (Å²) >= 11 is 1.64. The molecule has 0 unspecified atom stereocenters. The third kappa shape index (κ3) is 4.29. The summed E-state index contributed by atoms with van der Waals surface area (Å²) in [7, 11) is 0. The molecule has 0 spiro atoms. The van der Waals surface area contributed by atoms with Crippen LogP contribution in [0.3, 0.4) is 0 Å². The van der Waals surface area contributed by atoms with E-state index >= 15 is 0 Å². The smallest absolute Gasteiger partial charge is 0.312 e. The minimum atomic E-state index is -0.462. The maximum atomic E-state index is 11.9. The lowest BCUT2D eigenvalue weighted by atomic mass is 9.97. The minimum Gasteiger partial charge on any atom is -0.459 e. The monoisotopic (exact) mass is 268 g/mol. The molecule has 0 amide bonds. The average Bonchev–Trinajstić information content (AvgIpc) is 2.24. The summed E-state index contributed by atoms with van der Waals surface area (Å²) in [6.45, 7) is 7.72. The molecule has 0 aromatic carbocycles. The molecule has 0 saturated heterocycles. The van der Waals surface area contributed by atoms with Crippen molar-refractivity contribution in [3.63, 3.8) is 0 Å². The molecule has 0 aliphatic carbocycles. The number of aryl methyl sites for hydroxylation is 2. The van der Waals surface area contributed by atoms with Gasteiger partial charge in [0.05, 0.1) is 11.1 Å². The van der Waals surface area contributed by atoms with E-state index in [2.05, 4.69) is 9.97 Å². The Labute approximate surface area is 113 Å². The minimum absolute atomic E-state index is 0.189. The Kier molecular flexibility index (Phi) is 5.14. The first kappa shape index (κ1) is 15.0. The Hall–Kier alpha value is -1.10. The molecular weight excluding hydrogens is 248 g/mol. The standard InChI is InChI=1S/C13H20N2O2S/c1-9-6-11(15-10(2)14-9)7-17-12(16)13(3,4)8-18-5/h6H,7-8H2,1-5H3. The lowest BCUT2D eigenvalue weighted by molar-refractivity contribution is -0.154. The second kappa shape index (κ2) is 6.18. The predicted octanol–water partition coefficient (Wildman–Crippen LogP) is 2.53. The molecule has 0 fully saturated rings. The molecule has 0 bridgehead atoms. The van der Waals surface area contributed by atoms with Gasteiger partial charge in [-0.25, -0.2) is 9.97 Å². The SMILES string of the molecule is CSCC(C)(C)C(=O)OCc1cc(C)nc(C)n1. The summed E-state index contributed by atoms with van der Waals surface area (Å²) in [5, 5.41) is 0. The Morgan fingerprint density at radius 3 is 2.61 bits per heavy atom. The second-order valence-electron chi connectivity index (χ2n) is 4.94. The van der Waals surface area contributed by atoms with Crippen LogP contribution in [0.25, 0.3) is 0 Å². The summed E-state index contributed by atoms with van der Waals surface area (Å²) in [6, 6.07) is 1.84. The molecule has 0 N–H and O–H groups in total. The number of rotatable bonds is 5. The summed E-state index contributed by atoms with van der Waals surface area (Å²) < 4.78 is 5.31. The van der Waals surface area contributed by atoms with Crippen molar-refractivity contribution < 1.29 is 9.53 Å². The van der Waals surface area contributed by atoms with E-state index in [4.69, 9.17) is 4.74 Å². The first-order valence-electron chi connectivity index (χ1n) is 5.82. The van der Waals surface area contributed by atoms with Crippen LogP contribution < -0.4 is 0 Å². The highest BCUT2D eigenvalue weighted by Gasteiger charge is 2.28. The van der Waals surface area contributed by atoms with Gasteiger partial charge >= 0.3 is 5.97 Å². The van der Waals surface area contributed by atoms with Gasteiger partial charge in [-0.1, -0.05) is 0 Å². The van der Waals surface area contributed by atoms with Crippen molar-refractivity contribution in [3.8, 4) is 0 Å². The average molecular weight is 268 g/mol. The van der Waals surface area contributed by atoms with Gasteiger partial charge in [0.25, 0.3) is 0 Å². The molecule has 0 atom stereocenters.